The summed E-state index contributed by atoms with van der Waals surface area (Å²) in [6, 6.07) is 4.89. The van der Waals surface area contributed by atoms with Crippen molar-refractivity contribution in [2.45, 2.75) is 12.5 Å². The Bertz CT molecular complexity index is 580. The van der Waals surface area contributed by atoms with Crippen molar-refractivity contribution in [3.05, 3.63) is 34.5 Å². The van der Waals surface area contributed by atoms with Gasteiger partial charge in [0.2, 0.25) is 0 Å². The van der Waals surface area contributed by atoms with Crippen LogP contribution >= 0.6 is 0 Å². The highest BCUT2D eigenvalue weighted by atomic mass is 19.1. The lowest BCUT2D eigenvalue weighted by atomic mass is 10.2. The van der Waals surface area contributed by atoms with E-state index >= 15 is 0 Å². The maximum Gasteiger partial charge on any atom is 0.326 e. The molecule has 16 heavy (non-hydrogen) atoms. The van der Waals surface area contributed by atoms with E-state index in [0.717, 1.165) is 19.5 Å². The van der Waals surface area contributed by atoms with Gasteiger partial charge in [0.25, 0.3) is 0 Å². The Hall–Kier alpha value is -1.62. The second-order valence-corrected chi connectivity index (χ2v) is 4.08. The number of H-pyrrole nitrogens is 1. The number of fused-ring (bicyclic) bond motifs is 1. The fourth-order valence-corrected chi connectivity index (χ4v) is 2.34. The van der Waals surface area contributed by atoms with Gasteiger partial charge in [-0.1, -0.05) is 6.07 Å². The van der Waals surface area contributed by atoms with Gasteiger partial charge in [-0.3, -0.25) is 4.57 Å². The average Bonchev–Trinajstić information content (AvgIpc) is 2.85. The molecule has 0 bridgehead atoms. The van der Waals surface area contributed by atoms with Crippen LogP contribution in [0.1, 0.15) is 12.5 Å². The molecule has 0 aliphatic carbocycles. The van der Waals surface area contributed by atoms with Gasteiger partial charge in [-0.15, -0.1) is 0 Å². The molecular weight excluding hydrogens is 209 g/mol. The maximum absolute atomic E-state index is 13.5. The molecule has 1 saturated heterocycles. The Morgan fingerprint density at radius 3 is 3.06 bits per heavy atom. The van der Waals surface area contributed by atoms with Crippen molar-refractivity contribution in [3.63, 3.8) is 0 Å². The zero-order valence-corrected chi connectivity index (χ0v) is 8.66. The summed E-state index contributed by atoms with van der Waals surface area (Å²) in [7, 11) is 0. The summed E-state index contributed by atoms with van der Waals surface area (Å²) in [5.41, 5.74) is 0.729. The van der Waals surface area contributed by atoms with E-state index in [0.29, 0.717) is 11.0 Å². The van der Waals surface area contributed by atoms with Crippen LogP contribution < -0.4 is 11.0 Å². The van der Waals surface area contributed by atoms with Gasteiger partial charge in [-0.05, 0) is 25.1 Å². The summed E-state index contributed by atoms with van der Waals surface area (Å²) in [6.45, 7) is 1.67. The Kier molecular flexibility index (Phi) is 2.07. The van der Waals surface area contributed by atoms with Gasteiger partial charge >= 0.3 is 5.69 Å². The van der Waals surface area contributed by atoms with Crippen molar-refractivity contribution in [1.82, 2.24) is 14.9 Å². The molecule has 1 aromatic heterocycles. The third-order valence-electron chi connectivity index (χ3n) is 3.10. The monoisotopic (exact) mass is 221 g/mol. The molecule has 2 N–H and O–H groups in total. The minimum Gasteiger partial charge on any atom is -0.315 e. The molecule has 1 aliphatic rings. The highest BCUT2D eigenvalue weighted by Crippen LogP contribution is 2.20. The van der Waals surface area contributed by atoms with Gasteiger partial charge in [0.15, 0.2) is 0 Å². The third kappa shape index (κ3) is 1.28. The molecule has 0 spiro atoms. The van der Waals surface area contributed by atoms with Crippen molar-refractivity contribution < 1.29 is 4.39 Å². The standard InChI is InChI=1S/C11H12FN3O/c12-8-2-1-3-9-10(8)14-11(16)15(9)7-4-5-13-6-7/h1-3,7,13H,4-6H2,(H,14,16). The summed E-state index contributed by atoms with van der Waals surface area (Å²) in [6.07, 6.45) is 0.906. The number of hydrogen-bond donors (Lipinski definition) is 2. The lowest BCUT2D eigenvalue weighted by Crippen LogP contribution is -2.23. The SMILES string of the molecule is O=c1[nH]c2c(F)cccc2n1C1CCNC1. The van der Waals surface area contributed by atoms with E-state index in [9.17, 15) is 9.18 Å². The van der Waals surface area contributed by atoms with Crippen LogP contribution in [-0.2, 0) is 0 Å². The molecule has 2 heterocycles. The topological polar surface area (TPSA) is 49.8 Å². The van der Waals surface area contributed by atoms with E-state index in [4.69, 9.17) is 0 Å². The first-order valence-electron chi connectivity index (χ1n) is 5.37. The molecule has 4 nitrogen and oxygen atoms in total. The van der Waals surface area contributed by atoms with Gasteiger partial charge in [0.05, 0.1) is 11.6 Å². The van der Waals surface area contributed by atoms with Crippen molar-refractivity contribution in [1.29, 1.82) is 0 Å². The normalized spacial score (nSPS) is 20.7. The number of halogens is 1. The van der Waals surface area contributed by atoms with Crippen LogP contribution in [0.2, 0.25) is 0 Å². The fraction of sp³-hybridized carbons (Fsp3) is 0.364. The number of hydrogen-bond acceptors (Lipinski definition) is 2. The summed E-state index contributed by atoms with van der Waals surface area (Å²) in [5, 5.41) is 3.20. The lowest BCUT2D eigenvalue weighted by molar-refractivity contribution is 0.546. The molecule has 1 aliphatic heterocycles. The average molecular weight is 221 g/mol. The zero-order valence-electron chi connectivity index (χ0n) is 8.66. The summed E-state index contributed by atoms with van der Waals surface area (Å²) in [4.78, 5) is 14.4. The first-order chi connectivity index (χ1) is 7.77. The predicted molar refractivity (Wildman–Crippen MR) is 59.0 cm³/mol. The Labute approximate surface area is 91.1 Å². The van der Waals surface area contributed by atoms with Crippen molar-refractivity contribution >= 4 is 11.0 Å². The fourth-order valence-electron chi connectivity index (χ4n) is 2.34. The molecular formula is C11H12FN3O. The summed E-state index contributed by atoms with van der Waals surface area (Å²) >= 11 is 0. The molecule has 0 amide bonds. The van der Waals surface area contributed by atoms with Crippen LogP contribution in [0.15, 0.2) is 23.0 Å². The van der Waals surface area contributed by atoms with E-state index in [1.807, 2.05) is 0 Å². The third-order valence-corrected chi connectivity index (χ3v) is 3.10. The molecule has 3 rings (SSSR count). The largest absolute Gasteiger partial charge is 0.326 e. The molecule has 84 valence electrons. The first-order valence-corrected chi connectivity index (χ1v) is 5.37. The second kappa shape index (κ2) is 3.45. The molecule has 1 fully saturated rings. The van der Waals surface area contributed by atoms with Crippen LogP contribution in [0.25, 0.3) is 11.0 Å². The minimum atomic E-state index is -0.376. The van der Waals surface area contributed by atoms with E-state index in [1.165, 1.54) is 6.07 Å². The van der Waals surface area contributed by atoms with Crippen molar-refractivity contribution in [2.24, 2.45) is 0 Å². The number of nitrogens with zero attached hydrogens (tertiary/aromatic N) is 1. The van der Waals surface area contributed by atoms with Gasteiger partial charge in [0.1, 0.15) is 11.3 Å². The first kappa shape index (κ1) is 9.59. The molecule has 1 aromatic carbocycles. The van der Waals surface area contributed by atoms with Crippen LogP contribution in [0.5, 0.6) is 0 Å². The number of rotatable bonds is 1. The van der Waals surface area contributed by atoms with Gasteiger partial charge in [-0.25, -0.2) is 9.18 Å². The molecule has 1 atom stereocenters. The molecule has 2 aromatic rings. The minimum absolute atomic E-state index is 0.128. The maximum atomic E-state index is 13.5. The number of nitrogens with one attached hydrogen (secondary N) is 2. The Balaban J connectivity index is 2.27. The predicted octanol–water partition coefficient (Wildman–Crippen LogP) is 1.00. The van der Waals surface area contributed by atoms with E-state index in [-0.39, 0.29) is 17.5 Å². The van der Waals surface area contributed by atoms with E-state index < -0.39 is 0 Å². The zero-order chi connectivity index (χ0) is 11.1. The van der Waals surface area contributed by atoms with Crippen LogP contribution in [0.4, 0.5) is 4.39 Å². The molecule has 0 radical (unpaired) electrons. The second-order valence-electron chi connectivity index (χ2n) is 4.08. The smallest absolute Gasteiger partial charge is 0.315 e. The lowest BCUT2D eigenvalue weighted by Gasteiger charge is -2.10. The van der Waals surface area contributed by atoms with Crippen LogP contribution in [0, 0.1) is 5.82 Å². The van der Waals surface area contributed by atoms with Crippen LogP contribution in [-0.4, -0.2) is 22.6 Å². The Morgan fingerprint density at radius 2 is 2.31 bits per heavy atom. The number of para-hydroxylation sites is 1. The number of aromatic amines is 1. The Morgan fingerprint density at radius 1 is 1.44 bits per heavy atom. The van der Waals surface area contributed by atoms with Gasteiger partial charge < -0.3 is 10.3 Å². The number of imidazole rings is 1. The summed E-state index contributed by atoms with van der Waals surface area (Å²) in [5.74, 6) is -0.376. The molecule has 5 heteroatoms. The van der Waals surface area contributed by atoms with Crippen molar-refractivity contribution in [2.75, 3.05) is 13.1 Å². The van der Waals surface area contributed by atoms with Crippen molar-refractivity contribution in [3.8, 4) is 0 Å². The molecule has 1 unspecified atom stereocenters. The quantitative estimate of drug-likeness (QED) is 0.754. The number of aromatic nitrogens is 2. The van der Waals surface area contributed by atoms with Gasteiger partial charge in [-0.2, -0.15) is 0 Å². The molecule has 0 saturated carbocycles. The summed E-state index contributed by atoms with van der Waals surface area (Å²) < 4.78 is 15.1. The van der Waals surface area contributed by atoms with E-state index in [1.54, 1.807) is 16.7 Å². The van der Waals surface area contributed by atoms with Crippen LogP contribution in [0.3, 0.4) is 0 Å². The van der Waals surface area contributed by atoms with E-state index in [2.05, 4.69) is 10.3 Å². The highest BCUT2D eigenvalue weighted by molar-refractivity contribution is 5.75. The van der Waals surface area contributed by atoms with Gasteiger partial charge in [0, 0.05) is 6.54 Å². The number of benzene rings is 1. The highest BCUT2D eigenvalue weighted by Gasteiger charge is 2.21.